The van der Waals surface area contributed by atoms with E-state index >= 15 is 0 Å². The predicted molar refractivity (Wildman–Crippen MR) is 104 cm³/mol. The molecule has 1 amide bonds. The second-order valence-corrected chi connectivity index (χ2v) is 5.24. The first-order valence-corrected chi connectivity index (χ1v) is 7.46. The number of aryl methyl sites for hydroxylation is 1. The van der Waals surface area contributed by atoms with Gasteiger partial charge < -0.3 is 16.4 Å². The van der Waals surface area contributed by atoms with Crippen LogP contribution in [0.15, 0.2) is 29.3 Å². The van der Waals surface area contributed by atoms with Crippen LogP contribution in [0, 0.1) is 5.92 Å². The molecule has 0 atom stereocenters. The Morgan fingerprint density at radius 1 is 1.27 bits per heavy atom. The molecule has 0 saturated heterocycles. The van der Waals surface area contributed by atoms with E-state index < -0.39 is 0 Å². The highest BCUT2D eigenvalue weighted by Gasteiger charge is 2.04. The van der Waals surface area contributed by atoms with Crippen LogP contribution in [0.3, 0.4) is 0 Å². The molecule has 0 heterocycles. The summed E-state index contributed by atoms with van der Waals surface area (Å²) < 4.78 is 0. The first-order valence-electron chi connectivity index (χ1n) is 7.46. The minimum Gasteiger partial charge on any atom is -0.370 e. The number of hydrogen-bond donors (Lipinski definition) is 3. The van der Waals surface area contributed by atoms with Crippen molar-refractivity contribution in [1.82, 2.24) is 5.32 Å². The van der Waals surface area contributed by atoms with Gasteiger partial charge in [0.2, 0.25) is 5.91 Å². The molecule has 22 heavy (non-hydrogen) atoms. The van der Waals surface area contributed by atoms with Crippen LogP contribution in [0.1, 0.15) is 32.8 Å². The van der Waals surface area contributed by atoms with E-state index in [9.17, 15) is 4.79 Å². The number of benzene rings is 1. The van der Waals surface area contributed by atoms with E-state index in [0.29, 0.717) is 19.0 Å². The van der Waals surface area contributed by atoms with Gasteiger partial charge in [-0.25, -0.2) is 0 Å². The lowest BCUT2D eigenvalue weighted by molar-refractivity contribution is -0.123. The number of aliphatic imine (C=N–C) groups is 1. The SMILES string of the molecule is CCc1ccc(NC(N)=NCCCNC(=O)C(C)C)cc1.I. The molecular formula is C16H27IN4O. The normalized spacial score (nSPS) is 11.0. The number of rotatable bonds is 7. The first kappa shape index (κ1) is 20.7. The molecule has 0 aliphatic heterocycles. The summed E-state index contributed by atoms with van der Waals surface area (Å²) in [4.78, 5) is 15.6. The highest BCUT2D eigenvalue weighted by Crippen LogP contribution is 2.09. The van der Waals surface area contributed by atoms with Gasteiger partial charge >= 0.3 is 0 Å². The number of hydrogen-bond acceptors (Lipinski definition) is 2. The maximum atomic E-state index is 11.3. The Labute approximate surface area is 150 Å². The topological polar surface area (TPSA) is 79.5 Å². The summed E-state index contributed by atoms with van der Waals surface area (Å²) in [5, 5.41) is 5.90. The molecule has 4 N–H and O–H groups in total. The van der Waals surface area contributed by atoms with Crippen molar-refractivity contribution in [3.05, 3.63) is 29.8 Å². The number of nitrogens with zero attached hydrogens (tertiary/aromatic N) is 1. The summed E-state index contributed by atoms with van der Waals surface area (Å²) in [6.07, 6.45) is 1.79. The van der Waals surface area contributed by atoms with E-state index in [4.69, 9.17) is 5.73 Å². The number of guanidine groups is 1. The molecule has 1 aromatic rings. The second kappa shape index (κ2) is 11.3. The van der Waals surface area contributed by atoms with Gasteiger partial charge in [-0.3, -0.25) is 9.79 Å². The van der Waals surface area contributed by atoms with Gasteiger partial charge in [0.05, 0.1) is 0 Å². The van der Waals surface area contributed by atoms with Crippen molar-refractivity contribution in [2.75, 3.05) is 18.4 Å². The standard InChI is InChI=1S/C16H26N4O.HI/c1-4-13-6-8-14(9-7-13)20-16(17)19-11-5-10-18-15(21)12(2)3;/h6-9,12H,4-5,10-11H2,1-3H3,(H,18,21)(H3,17,19,20);1H. The average Bonchev–Trinajstić information content (AvgIpc) is 2.47. The average molecular weight is 418 g/mol. The van der Waals surface area contributed by atoms with Crippen LogP contribution in [0.2, 0.25) is 0 Å². The molecule has 124 valence electrons. The Morgan fingerprint density at radius 2 is 1.91 bits per heavy atom. The fourth-order valence-corrected chi connectivity index (χ4v) is 1.71. The summed E-state index contributed by atoms with van der Waals surface area (Å²) in [6.45, 7) is 7.08. The largest absolute Gasteiger partial charge is 0.370 e. The van der Waals surface area contributed by atoms with Gasteiger partial charge in [-0.1, -0.05) is 32.9 Å². The molecular weight excluding hydrogens is 391 g/mol. The molecule has 0 unspecified atom stereocenters. The van der Waals surface area contributed by atoms with E-state index in [0.717, 1.165) is 18.5 Å². The van der Waals surface area contributed by atoms with Crippen molar-refractivity contribution < 1.29 is 4.79 Å². The van der Waals surface area contributed by atoms with Crippen LogP contribution in [0.25, 0.3) is 0 Å². The lowest BCUT2D eigenvalue weighted by Crippen LogP contribution is -2.29. The summed E-state index contributed by atoms with van der Waals surface area (Å²) in [6, 6.07) is 8.11. The Hall–Kier alpha value is -1.31. The molecule has 0 aliphatic rings. The quantitative estimate of drug-likeness (QED) is 0.276. The third kappa shape index (κ3) is 8.21. The van der Waals surface area contributed by atoms with Crippen LogP contribution in [-0.2, 0) is 11.2 Å². The number of halogens is 1. The van der Waals surface area contributed by atoms with E-state index in [1.807, 2.05) is 26.0 Å². The summed E-state index contributed by atoms with van der Waals surface area (Å²) >= 11 is 0. The Kier molecular flexibility index (Phi) is 10.6. The number of nitrogens with two attached hydrogens (primary N) is 1. The van der Waals surface area contributed by atoms with Crippen LogP contribution in [0.5, 0.6) is 0 Å². The first-order chi connectivity index (χ1) is 10.0. The molecule has 0 fully saturated rings. The Balaban J connectivity index is 0.00000441. The summed E-state index contributed by atoms with van der Waals surface area (Å²) in [5.74, 6) is 0.488. The Morgan fingerprint density at radius 3 is 2.45 bits per heavy atom. The van der Waals surface area contributed by atoms with Crippen molar-refractivity contribution in [3.63, 3.8) is 0 Å². The molecule has 5 nitrogen and oxygen atoms in total. The molecule has 1 rings (SSSR count). The van der Waals surface area contributed by atoms with Crippen LogP contribution < -0.4 is 16.4 Å². The summed E-state index contributed by atoms with van der Waals surface area (Å²) in [7, 11) is 0. The van der Waals surface area contributed by atoms with Gasteiger partial charge in [-0.2, -0.15) is 0 Å². The number of amides is 1. The third-order valence-corrected chi connectivity index (χ3v) is 3.08. The fourth-order valence-electron chi connectivity index (χ4n) is 1.71. The maximum Gasteiger partial charge on any atom is 0.222 e. The molecule has 6 heteroatoms. The lowest BCUT2D eigenvalue weighted by Gasteiger charge is -2.08. The van der Waals surface area contributed by atoms with E-state index in [1.54, 1.807) is 0 Å². The molecule has 1 aromatic carbocycles. The van der Waals surface area contributed by atoms with E-state index in [2.05, 4.69) is 34.7 Å². The molecule has 0 bridgehead atoms. The third-order valence-electron chi connectivity index (χ3n) is 3.08. The van der Waals surface area contributed by atoms with Crippen molar-refractivity contribution in [1.29, 1.82) is 0 Å². The summed E-state index contributed by atoms with van der Waals surface area (Å²) in [5.41, 5.74) is 8.04. The predicted octanol–water partition coefficient (Wildman–Crippen LogP) is 2.76. The van der Waals surface area contributed by atoms with Gasteiger partial charge in [0.15, 0.2) is 5.96 Å². The fraction of sp³-hybridized carbons (Fsp3) is 0.500. The van der Waals surface area contributed by atoms with Crippen LogP contribution in [0.4, 0.5) is 5.69 Å². The number of nitrogens with one attached hydrogen (secondary N) is 2. The highest BCUT2D eigenvalue weighted by molar-refractivity contribution is 14.0. The maximum absolute atomic E-state index is 11.3. The van der Waals surface area contributed by atoms with Gasteiger partial charge in [0, 0.05) is 24.7 Å². The minimum atomic E-state index is 0. The zero-order chi connectivity index (χ0) is 15.7. The monoisotopic (exact) mass is 418 g/mol. The number of carbonyl (C=O) groups is 1. The second-order valence-electron chi connectivity index (χ2n) is 5.24. The van der Waals surface area contributed by atoms with Crippen molar-refractivity contribution in [2.24, 2.45) is 16.6 Å². The van der Waals surface area contributed by atoms with Crippen molar-refractivity contribution >= 4 is 41.5 Å². The molecule has 0 saturated carbocycles. The van der Waals surface area contributed by atoms with Crippen molar-refractivity contribution in [3.8, 4) is 0 Å². The van der Waals surface area contributed by atoms with Crippen LogP contribution >= 0.6 is 24.0 Å². The zero-order valence-corrected chi connectivity index (χ0v) is 15.9. The van der Waals surface area contributed by atoms with E-state index in [-0.39, 0.29) is 35.8 Å². The van der Waals surface area contributed by atoms with Gasteiger partial charge in [0.1, 0.15) is 0 Å². The van der Waals surface area contributed by atoms with Gasteiger partial charge in [-0.15, -0.1) is 24.0 Å². The molecule has 0 radical (unpaired) electrons. The minimum absolute atomic E-state index is 0. The molecule has 0 aliphatic carbocycles. The molecule has 0 spiro atoms. The highest BCUT2D eigenvalue weighted by atomic mass is 127. The number of carbonyl (C=O) groups excluding carboxylic acids is 1. The lowest BCUT2D eigenvalue weighted by atomic mass is 10.1. The molecule has 0 aromatic heterocycles. The number of anilines is 1. The van der Waals surface area contributed by atoms with Gasteiger partial charge in [0.25, 0.3) is 0 Å². The van der Waals surface area contributed by atoms with E-state index in [1.165, 1.54) is 5.56 Å². The zero-order valence-electron chi connectivity index (χ0n) is 13.6. The Bertz CT molecular complexity index is 472. The smallest absolute Gasteiger partial charge is 0.222 e. The van der Waals surface area contributed by atoms with Crippen molar-refractivity contribution in [2.45, 2.75) is 33.6 Å². The van der Waals surface area contributed by atoms with Crippen LogP contribution in [-0.4, -0.2) is 25.0 Å². The van der Waals surface area contributed by atoms with Gasteiger partial charge in [-0.05, 0) is 30.5 Å².